The zero-order chi connectivity index (χ0) is 12.1. The Kier molecular flexibility index (Phi) is 5.22. The minimum Gasteiger partial charge on any atom is -0.396 e. The molecule has 1 aliphatic rings. The number of nitrogens with zero attached hydrogens (tertiary/aromatic N) is 2. The first-order valence-electron chi connectivity index (χ1n) is 6.23. The van der Waals surface area contributed by atoms with Crippen LogP contribution < -0.4 is 0 Å². The summed E-state index contributed by atoms with van der Waals surface area (Å²) in [6.07, 6.45) is 2.55. The SMILES string of the molecule is CCCN1C(=O)C(CCO)N(C)CCC1C. The van der Waals surface area contributed by atoms with Gasteiger partial charge in [-0.25, -0.2) is 0 Å². The van der Waals surface area contributed by atoms with Gasteiger partial charge < -0.3 is 10.0 Å². The average Bonchev–Trinajstić information content (AvgIpc) is 2.36. The molecule has 0 aromatic rings. The monoisotopic (exact) mass is 228 g/mol. The van der Waals surface area contributed by atoms with Crippen molar-refractivity contribution in [2.75, 3.05) is 26.7 Å². The number of carbonyl (C=O) groups is 1. The van der Waals surface area contributed by atoms with Crippen LogP contribution in [0.15, 0.2) is 0 Å². The highest BCUT2D eigenvalue weighted by atomic mass is 16.3. The van der Waals surface area contributed by atoms with E-state index in [1.807, 2.05) is 11.9 Å². The van der Waals surface area contributed by atoms with Crippen LogP contribution >= 0.6 is 0 Å². The van der Waals surface area contributed by atoms with Crippen molar-refractivity contribution in [3.8, 4) is 0 Å². The molecule has 4 nitrogen and oxygen atoms in total. The summed E-state index contributed by atoms with van der Waals surface area (Å²) in [5.74, 6) is 0.184. The summed E-state index contributed by atoms with van der Waals surface area (Å²) in [4.78, 5) is 16.4. The van der Waals surface area contributed by atoms with Gasteiger partial charge in [0.05, 0.1) is 6.04 Å². The van der Waals surface area contributed by atoms with Gasteiger partial charge in [0.25, 0.3) is 0 Å². The van der Waals surface area contributed by atoms with Crippen molar-refractivity contribution >= 4 is 5.91 Å². The van der Waals surface area contributed by atoms with Crippen LogP contribution in [0.25, 0.3) is 0 Å². The van der Waals surface area contributed by atoms with Crippen molar-refractivity contribution in [1.82, 2.24) is 9.80 Å². The van der Waals surface area contributed by atoms with E-state index in [0.29, 0.717) is 12.5 Å². The van der Waals surface area contributed by atoms with Gasteiger partial charge in [-0.3, -0.25) is 9.69 Å². The Morgan fingerprint density at radius 2 is 2.19 bits per heavy atom. The predicted octanol–water partition coefficient (Wildman–Crippen LogP) is 0.700. The highest BCUT2D eigenvalue weighted by Gasteiger charge is 2.32. The Morgan fingerprint density at radius 3 is 2.75 bits per heavy atom. The van der Waals surface area contributed by atoms with Crippen molar-refractivity contribution in [2.45, 2.75) is 45.2 Å². The molecule has 16 heavy (non-hydrogen) atoms. The van der Waals surface area contributed by atoms with Crippen LogP contribution in [0.2, 0.25) is 0 Å². The van der Waals surface area contributed by atoms with Gasteiger partial charge in [0.1, 0.15) is 0 Å². The van der Waals surface area contributed by atoms with Crippen LogP contribution in [-0.4, -0.2) is 59.6 Å². The standard InChI is InChI=1S/C12H24N2O2/c1-4-7-14-10(2)5-8-13(3)11(6-9-15)12(14)16/h10-11,15H,4-9H2,1-3H3. The average molecular weight is 228 g/mol. The Hall–Kier alpha value is -0.610. The molecule has 0 spiro atoms. The lowest BCUT2D eigenvalue weighted by molar-refractivity contribution is -0.137. The Bertz CT molecular complexity index is 211. The largest absolute Gasteiger partial charge is 0.396 e. The molecular formula is C12H24N2O2. The molecule has 1 rings (SSSR count). The van der Waals surface area contributed by atoms with Gasteiger partial charge >= 0.3 is 0 Å². The third-order valence-electron chi connectivity index (χ3n) is 3.40. The number of hydrogen-bond acceptors (Lipinski definition) is 3. The Labute approximate surface area is 98.2 Å². The second kappa shape index (κ2) is 6.21. The summed E-state index contributed by atoms with van der Waals surface area (Å²) in [6.45, 7) is 6.04. The Balaban J connectivity index is 2.79. The number of hydrogen-bond donors (Lipinski definition) is 1. The van der Waals surface area contributed by atoms with E-state index in [9.17, 15) is 4.79 Å². The molecule has 1 heterocycles. The summed E-state index contributed by atoms with van der Waals surface area (Å²) in [6, 6.07) is 0.181. The number of aliphatic hydroxyl groups is 1. The molecule has 2 atom stereocenters. The van der Waals surface area contributed by atoms with Crippen molar-refractivity contribution < 1.29 is 9.90 Å². The maximum absolute atomic E-state index is 12.3. The Morgan fingerprint density at radius 1 is 1.50 bits per heavy atom. The molecule has 4 heteroatoms. The van der Waals surface area contributed by atoms with Crippen molar-refractivity contribution in [3.63, 3.8) is 0 Å². The van der Waals surface area contributed by atoms with Gasteiger partial charge in [-0.1, -0.05) is 6.92 Å². The van der Waals surface area contributed by atoms with Crippen molar-refractivity contribution in [2.24, 2.45) is 0 Å². The fourth-order valence-corrected chi connectivity index (χ4v) is 2.34. The van der Waals surface area contributed by atoms with Crippen LogP contribution in [0.1, 0.15) is 33.1 Å². The number of aliphatic hydroxyl groups excluding tert-OH is 1. The molecule has 0 aromatic carbocycles. The second-order valence-electron chi connectivity index (χ2n) is 4.68. The van der Waals surface area contributed by atoms with Gasteiger partial charge in [0.15, 0.2) is 0 Å². The number of likely N-dealkylation sites (N-methyl/N-ethyl adjacent to an activating group) is 1. The highest BCUT2D eigenvalue weighted by molar-refractivity contribution is 5.82. The molecule has 0 aliphatic carbocycles. The molecule has 1 aliphatic heterocycles. The third kappa shape index (κ3) is 2.95. The van der Waals surface area contributed by atoms with Gasteiger partial charge in [0, 0.05) is 25.7 Å². The molecule has 1 N–H and O–H groups in total. The second-order valence-corrected chi connectivity index (χ2v) is 4.68. The lowest BCUT2D eigenvalue weighted by Crippen LogP contribution is -2.47. The maximum atomic E-state index is 12.3. The lowest BCUT2D eigenvalue weighted by atomic mass is 10.1. The van der Waals surface area contributed by atoms with E-state index in [1.54, 1.807) is 0 Å². The summed E-state index contributed by atoms with van der Waals surface area (Å²) in [5.41, 5.74) is 0. The van der Waals surface area contributed by atoms with Gasteiger partial charge in [-0.05, 0) is 33.2 Å². The first-order chi connectivity index (χ1) is 7.61. The topological polar surface area (TPSA) is 43.8 Å². The normalized spacial score (nSPS) is 28.2. The summed E-state index contributed by atoms with van der Waals surface area (Å²) < 4.78 is 0. The van der Waals surface area contributed by atoms with Crippen molar-refractivity contribution in [1.29, 1.82) is 0 Å². The van der Waals surface area contributed by atoms with E-state index in [1.165, 1.54) is 0 Å². The van der Waals surface area contributed by atoms with E-state index >= 15 is 0 Å². The van der Waals surface area contributed by atoms with Gasteiger partial charge in [-0.15, -0.1) is 0 Å². The summed E-state index contributed by atoms with van der Waals surface area (Å²) in [5, 5.41) is 9.03. The molecule has 0 saturated carbocycles. The van der Waals surface area contributed by atoms with Gasteiger partial charge in [-0.2, -0.15) is 0 Å². The molecular weight excluding hydrogens is 204 g/mol. The minimum absolute atomic E-state index is 0.0785. The van der Waals surface area contributed by atoms with Gasteiger partial charge in [0.2, 0.25) is 5.91 Å². The van der Waals surface area contributed by atoms with E-state index in [4.69, 9.17) is 5.11 Å². The first kappa shape index (κ1) is 13.5. The number of amides is 1. The van der Waals surface area contributed by atoms with Crippen LogP contribution in [-0.2, 0) is 4.79 Å². The van der Waals surface area contributed by atoms with E-state index < -0.39 is 0 Å². The molecule has 0 bridgehead atoms. The summed E-state index contributed by atoms with van der Waals surface area (Å²) in [7, 11) is 1.97. The molecule has 0 radical (unpaired) electrons. The third-order valence-corrected chi connectivity index (χ3v) is 3.40. The van der Waals surface area contributed by atoms with E-state index in [2.05, 4.69) is 18.7 Å². The van der Waals surface area contributed by atoms with Crippen LogP contribution in [0, 0.1) is 0 Å². The molecule has 1 amide bonds. The number of carbonyl (C=O) groups excluding carboxylic acids is 1. The lowest BCUT2D eigenvalue weighted by Gasteiger charge is -2.30. The fraction of sp³-hybridized carbons (Fsp3) is 0.917. The molecule has 2 unspecified atom stereocenters. The van der Waals surface area contributed by atoms with Crippen LogP contribution in [0.5, 0.6) is 0 Å². The zero-order valence-electron chi connectivity index (χ0n) is 10.6. The molecule has 94 valence electrons. The van der Waals surface area contributed by atoms with Crippen molar-refractivity contribution in [3.05, 3.63) is 0 Å². The fourth-order valence-electron chi connectivity index (χ4n) is 2.34. The minimum atomic E-state index is -0.138. The first-order valence-corrected chi connectivity index (χ1v) is 6.23. The maximum Gasteiger partial charge on any atom is 0.240 e. The molecule has 1 fully saturated rings. The predicted molar refractivity (Wildman–Crippen MR) is 64.2 cm³/mol. The molecule has 0 aromatic heterocycles. The quantitative estimate of drug-likeness (QED) is 0.770. The highest BCUT2D eigenvalue weighted by Crippen LogP contribution is 2.17. The van der Waals surface area contributed by atoms with Crippen LogP contribution in [0.3, 0.4) is 0 Å². The number of rotatable bonds is 4. The van der Waals surface area contributed by atoms with E-state index in [0.717, 1.165) is 25.9 Å². The smallest absolute Gasteiger partial charge is 0.240 e. The zero-order valence-corrected chi connectivity index (χ0v) is 10.6. The van der Waals surface area contributed by atoms with Crippen LogP contribution in [0.4, 0.5) is 0 Å². The van der Waals surface area contributed by atoms with E-state index in [-0.39, 0.29) is 18.6 Å². The molecule has 1 saturated heterocycles. The summed E-state index contributed by atoms with van der Waals surface area (Å²) >= 11 is 0.